The third-order valence-electron chi connectivity index (χ3n) is 6.69. The maximum absolute atomic E-state index is 9.63. The van der Waals surface area contributed by atoms with Gasteiger partial charge in [0, 0.05) is 5.92 Å². The predicted molar refractivity (Wildman–Crippen MR) is 138 cm³/mol. The first kappa shape index (κ1) is 26.3. The monoisotopic (exact) mass is 438 g/mol. The molecule has 2 heteroatoms. The van der Waals surface area contributed by atoms with Crippen LogP contribution in [0.4, 0.5) is 0 Å². The molecule has 2 nitrogen and oxygen atoms in total. The predicted octanol–water partition coefficient (Wildman–Crippen LogP) is 9.49. The number of benzene rings is 2. The van der Waals surface area contributed by atoms with Gasteiger partial charge in [0.15, 0.2) is 0 Å². The van der Waals surface area contributed by atoms with Gasteiger partial charge in [0.05, 0.1) is 0 Å². The van der Waals surface area contributed by atoms with E-state index in [9.17, 15) is 10.2 Å². The van der Waals surface area contributed by atoms with E-state index in [-0.39, 0.29) is 0 Å². The van der Waals surface area contributed by atoms with Crippen LogP contribution in [0.25, 0.3) is 0 Å². The number of phenols is 2. The molecule has 0 aromatic heterocycles. The lowest BCUT2D eigenvalue weighted by molar-refractivity contribution is 0.474. The second kappa shape index (κ2) is 16.6. The molecular formula is C30H46O2. The topological polar surface area (TPSA) is 40.5 Å². The largest absolute Gasteiger partial charge is 0.508 e. The molecule has 0 aliphatic rings. The van der Waals surface area contributed by atoms with Gasteiger partial charge in [0.2, 0.25) is 0 Å². The van der Waals surface area contributed by atoms with Crippen molar-refractivity contribution in [1.82, 2.24) is 0 Å². The number of hydrogen-bond acceptors (Lipinski definition) is 2. The Bertz CT molecular complexity index is 644. The Hall–Kier alpha value is -1.96. The molecule has 0 aliphatic carbocycles. The average molecular weight is 439 g/mol. The van der Waals surface area contributed by atoms with Crippen molar-refractivity contribution < 1.29 is 10.2 Å². The van der Waals surface area contributed by atoms with Crippen molar-refractivity contribution >= 4 is 0 Å². The molecule has 0 saturated heterocycles. The van der Waals surface area contributed by atoms with Crippen LogP contribution < -0.4 is 0 Å². The highest BCUT2D eigenvalue weighted by Gasteiger charge is 2.14. The van der Waals surface area contributed by atoms with Gasteiger partial charge in [0.25, 0.3) is 0 Å². The lowest BCUT2D eigenvalue weighted by Gasteiger charge is -2.18. The summed E-state index contributed by atoms with van der Waals surface area (Å²) in [5.41, 5.74) is 2.47. The highest BCUT2D eigenvalue weighted by Crippen LogP contribution is 2.32. The summed E-state index contributed by atoms with van der Waals surface area (Å²) in [4.78, 5) is 0. The molecule has 2 aromatic rings. The number of phenolic OH excluding ortho intramolecular Hbond substituents is 2. The van der Waals surface area contributed by atoms with Gasteiger partial charge >= 0.3 is 0 Å². The van der Waals surface area contributed by atoms with Crippen LogP contribution in [0.1, 0.15) is 127 Å². The van der Waals surface area contributed by atoms with Crippen LogP contribution >= 0.6 is 0 Å². The summed E-state index contributed by atoms with van der Waals surface area (Å²) in [5, 5.41) is 19.3. The summed E-state index contributed by atoms with van der Waals surface area (Å²) in [6, 6.07) is 15.2. The van der Waals surface area contributed by atoms with Gasteiger partial charge < -0.3 is 10.2 Å². The summed E-state index contributed by atoms with van der Waals surface area (Å²) in [6.45, 7) is 2.28. The minimum atomic E-state index is 0.310. The Morgan fingerprint density at radius 2 is 0.781 bits per heavy atom. The second-order valence-electron chi connectivity index (χ2n) is 9.47. The fourth-order valence-corrected chi connectivity index (χ4v) is 4.66. The first-order valence-electron chi connectivity index (χ1n) is 13.3. The van der Waals surface area contributed by atoms with Crippen LogP contribution in [-0.4, -0.2) is 10.2 Å². The summed E-state index contributed by atoms with van der Waals surface area (Å²) in [5.74, 6) is 0.938. The molecule has 178 valence electrons. The zero-order valence-electron chi connectivity index (χ0n) is 20.4. The van der Waals surface area contributed by atoms with E-state index in [0.717, 1.165) is 6.42 Å². The SMILES string of the molecule is CCCCCCCCCCCCCCCCCC(c1ccc(O)cc1)c1ccc(O)cc1. The molecule has 0 radical (unpaired) electrons. The molecule has 0 heterocycles. The van der Waals surface area contributed by atoms with E-state index in [1.165, 1.54) is 107 Å². The molecule has 32 heavy (non-hydrogen) atoms. The Balaban J connectivity index is 1.56. The van der Waals surface area contributed by atoms with E-state index in [4.69, 9.17) is 0 Å². The molecule has 2 aromatic carbocycles. The van der Waals surface area contributed by atoms with Crippen LogP contribution in [0.15, 0.2) is 48.5 Å². The highest BCUT2D eigenvalue weighted by atomic mass is 16.3. The average Bonchev–Trinajstić information content (AvgIpc) is 2.80. The van der Waals surface area contributed by atoms with Crippen molar-refractivity contribution in [2.45, 2.75) is 116 Å². The maximum atomic E-state index is 9.63. The maximum Gasteiger partial charge on any atom is 0.115 e. The summed E-state index contributed by atoms with van der Waals surface area (Å²) in [7, 11) is 0. The minimum Gasteiger partial charge on any atom is -0.508 e. The van der Waals surface area contributed by atoms with Crippen molar-refractivity contribution in [2.24, 2.45) is 0 Å². The zero-order chi connectivity index (χ0) is 22.9. The van der Waals surface area contributed by atoms with Crippen molar-refractivity contribution in [3.05, 3.63) is 59.7 Å². The molecular weight excluding hydrogens is 392 g/mol. The van der Waals surface area contributed by atoms with E-state index in [2.05, 4.69) is 6.92 Å². The van der Waals surface area contributed by atoms with Crippen LogP contribution in [0.5, 0.6) is 11.5 Å². The van der Waals surface area contributed by atoms with Crippen molar-refractivity contribution in [2.75, 3.05) is 0 Å². The van der Waals surface area contributed by atoms with Crippen LogP contribution in [0.3, 0.4) is 0 Å². The number of unbranched alkanes of at least 4 members (excludes halogenated alkanes) is 14. The Morgan fingerprint density at radius 1 is 0.469 bits per heavy atom. The second-order valence-corrected chi connectivity index (χ2v) is 9.47. The quantitative estimate of drug-likeness (QED) is 0.227. The van der Waals surface area contributed by atoms with Gasteiger partial charge in [-0.2, -0.15) is 0 Å². The molecule has 0 saturated carbocycles. The van der Waals surface area contributed by atoms with Gasteiger partial charge in [-0.3, -0.25) is 0 Å². The first-order chi connectivity index (χ1) is 15.7. The first-order valence-corrected chi connectivity index (χ1v) is 13.3. The van der Waals surface area contributed by atoms with Crippen LogP contribution in [-0.2, 0) is 0 Å². The third kappa shape index (κ3) is 11.1. The van der Waals surface area contributed by atoms with Gasteiger partial charge in [0.1, 0.15) is 11.5 Å². The molecule has 2 N–H and O–H groups in total. The number of hydrogen-bond donors (Lipinski definition) is 2. The van der Waals surface area contributed by atoms with Gasteiger partial charge in [-0.1, -0.05) is 128 Å². The van der Waals surface area contributed by atoms with Gasteiger partial charge in [-0.15, -0.1) is 0 Å². The van der Waals surface area contributed by atoms with Crippen molar-refractivity contribution in [3.8, 4) is 11.5 Å². The molecule has 0 aliphatic heterocycles. The zero-order valence-corrected chi connectivity index (χ0v) is 20.4. The Kier molecular flexibility index (Phi) is 13.7. The molecule has 2 rings (SSSR count). The molecule has 0 amide bonds. The standard InChI is InChI=1S/C30H46O2/c1-2-3-4-5-6-7-8-9-10-11-12-13-14-15-16-17-30(26-18-22-28(31)23-19-26)27-20-24-29(32)25-21-27/h18-25,30-32H,2-17H2,1H3. The fraction of sp³-hybridized carbons (Fsp3) is 0.600. The van der Waals surface area contributed by atoms with E-state index >= 15 is 0 Å². The molecule has 0 spiro atoms. The minimum absolute atomic E-state index is 0.310. The van der Waals surface area contributed by atoms with Crippen molar-refractivity contribution in [1.29, 1.82) is 0 Å². The Labute approximate surface area is 197 Å². The molecule has 0 unspecified atom stereocenters. The van der Waals surface area contributed by atoms with E-state index in [0.29, 0.717) is 17.4 Å². The summed E-state index contributed by atoms with van der Waals surface area (Å²) >= 11 is 0. The normalized spacial score (nSPS) is 11.3. The van der Waals surface area contributed by atoms with Crippen molar-refractivity contribution in [3.63, 3.8) is 0 Å². The van der Waals surface area contributed by atoms with E-state index in [1.54, 1.807) is 24.3 Å². The number of rotatable bonds is 18. The lowest BCUT2D eigenvalue weighted by Crippen LogP contribution is -2.01. The summed E-state index contributed by atoms with van der Waals surface area (Å²) < 4.78 is 0. The Morgan fingerprint density at radius 3 is 1.12 bits per heavy atom. The van der Waals surface area contributed by atoms with E-state index < -0.39 is 0 Å². The summed E-state index contributed by atoms with van der Waals surface area (Å²) in [6.07, 6.45) is 21.9. The van der Waals surface area contributed by atoms with Crippen LogP contribution in [0, 0.1) is 0 Å². The molecule has 0 bridgehead atoms. The van der Waals surface area contributed by atoms with Crippen LogP contribution in [0.2, 0.25) is 0 Å². The number of aromatic hydroxyl groups is 2. The smallest absolute Gasteiger partial charge is 0.115 e. The van der Waals surface area contributed by atoms with Gasteiger partial charge in [-0.05, 0) is 41.8 Å². The molecule has 0 atom stereocenters. The fourth-order valence-electron chi connectivity index (χ4n) is 4.66. The molecule has 0 fully saturated rings. The highest BCUT2D eigenvalue weighted by molar-refractivity contribution is 5.37. The lowest BCUT2D eigenvalue weighted by atomic mass is 9.86. The van der Waals surface area contributed by atoms with E-state index in [1.807, 2.05) is 24.3 Å². The van der Waals surface area contributed by atoms with Gasteiger partial charge in [-0.25, -0.2) is 0 Å². The third-order valence-corrected chi connectivity index (χ3v) is 6.69.